The fourth-order valence-electron chi connectivity index (χ4n) is 2.88. The van der Waals surface area contributed by atoms with Crippen LogP contribution in [0.2, 0.25) is 0 Å². The smallest absolute Gasteiger partial charge is 0.243 e. The van der Waals surface area contributed by atoms with Crippen molar-refractivity contribution in [1.82, 2.24) is 19.0 Å². The molecule has 1 heterocycles. The number of sulfonamides is 1. The molecule has 2 aromatic carbocycles. The van der Waals surface area contributed by atoms with Crippen LogP contribution in [0.25, 0.3) is 0 Å². The van der Waals surface area contributed by atoms with Gasteiger partial charge in [0.1, 0.15) is 0 Å². The van der Waals surface area contributed by atoms with Gasteiger partial charge in [-0.1, -0.05) is 48.5 Å². The van der Waals surface area contributed by atoms with Crippen LogP contribution in [0.5, 0.6) is 0 Å². The molecule has 3 rings (SSSR count). The third-order valence-corrected chi connectivity index (χ3v) is 6.35. The number of benzene rings is 2. The first kappa shape index (κ1) is 20.8. The van der Waals surface area contributed by atoms with Crippen LogP contribution in [0.1, 0.15) is 11.1 Å². The van der Waals surface area contributed by atoms with Gasteiger partial charge in [-0.05, 0) is 17.7 Å². The van der Waals surface area contributed by atoms with E-state index in [1.807, 2.05) is 41.2 Å². The average Bonchev–Trinajstić information content (AvgIpc) is 3.16. The lowest BCUT2D eigenvalue weighted by atomic mass is 10.2. The Labute approximate surface area is 171 Å². The van der Waals surface area contributed by atoms with E-state index in [-0.39, 0.29) is 17.3 Å². The number of likely N-dealkylation sites (N-methyl/N-ethyl adjacent to an activating group) is 2. The van der Waals surface area contributed by atoms with Crippen molar-refractivity contribution in [2.75, 3.05) is 20.6 Å². The topological polar surface area (TPSA) is 75.5 Å². The molecule has 0 fully saturated rings. The maximum atomic E-state index is 12.6. The molecular formula is C21H24N4O3S. The number of aromatic nitrogens is 2. The van der Waals surface area contributed by atoms with Gasteiger partial charge in [-0.3, -0.25) is 9.48 Å². The Hall–Kier alpha value is -2.97. The number of carbonyl (C=O) groups excluding carboxylic acids is 1. The Morgan fingerprint density at radius 2 is 1.59 bits per heavy atom. The zero-order valence-corrected chi connectivity index (χ0v) is 17.3. The molecule has 8 heteroatoms. The first-order chi connectivity index (χ1) is 13.9. The molecule has 0 bridgehead atoms. The summed E-state index contributed by atoms with van der Waals surface area (Å²) >= 11 is 0. The molecule has 0 unspecified atom stereocenters. The van der Waals surface area contributed by atoms with E-state index in [4.69, 9.17) is 0 Å². The Morgan fingerprint density at radius 3 is 2.24 bits per heavy atom. The van der Waals surface area contributed by atoms with Crippen molar-refractivity contribution in [2.24, 2.45) is 0 Å². The van der Waals surface area contributed by atoms with Crippen LogP contribution in [0.3, 0.4) is 0 Å². The van der Waals surface area contributed by atoms with Crippen molar-refractivity contribution in [3.8, 4) is 0 Å². The highest BCUT2D eigenvalue weighted by molar-refractivity contribution is 7.89. The van der Waals surface area contributed by atoms with Crippen molar-refractivity contribution in [3.63, 3.8) is 0 Å². The van der Waals surface area contributed by atoms with Crippen LogP contribution < -0.4 is 0 Å². The van der Waals surface area contributed by atoms with Crippen molar-refractivity contribution in [1.29, 1.82) is 0 Å². The van der Waals surface area contributed by atoms with Crippen LogP contribution >= 0.6 is 0 Å². The standard InChI is InChI=1S/C21H24N4O3S/c1-23(14-19-13-22-25(16-19)15-18-9-5-3-6-10-18)21(26)17-24(2)29(27,28)20-11-7-4-8-12-20/h3-13,16H,14-15,17H2,1-2H3. The minimum atomic E-state index is -3.70. The molecule has 0 N–H and O–H groups in total. The Balaban J connectivity index is 1.58. The van der Waals surface area contributed by atoms with Gasteiger partial charge in [0.2, 0.25) is 15.9 Å². The highest BCUT2D eigenvalue weighted by Crippen LogP contribution is 2.14. The molecule has 0 spiro atoms. The van der Waals surface area contributed by atoms with Crippen LogP contribution in [0, 0.1) is 0 Å². The number of hydrogen-bond donors (Lipinski definition) is 0. The average molecular weight is 413 g/mol. The van der Waals surface area contributed by atoms with E-state index in [0.29, 0.717) is 13.1 Å². The van der Waals surface area contributed by atoms with Gasteiger partial charge in [-0.25, -0.2) is 8.42 Å². The van der Waals surface area contributed by atoms with E-state index in [1.54, 1.807) is 31.4 Å². The monoisotopic (exact) mass is 412 g/mol. The number of hydrogen-bond acceptors (Lipinski definition) is 4. The molecule has 29 heavy (non-hydrogen) atoms. The molecule has 1 amide bonds. The predicted octanol–water partition coefficient (Wildman–Crippen LogP) is 2.21. The predicted molar refractivity (Wildman–Crippen MR) is 111 cm³/mol. The second-order valence-corrected chi connectivity index (χ2v) is 8.90. The third kappa shape index (κ3) is 5.30. The highest BCUT2D eigenvalue weighted by Gasteiger charge is 2.24. The highest BCUT2D eigenvalue weighted by atomic mass is 32.2. The van der Waals surface area contributed by atoms with E-state index < -0.39 is 10.0 Å². The summed E-state index contributed by atoms with van der Waals surface area (Å²) in [6.45, 7) is 0.773. The van der Waals surface area contributed by atoms with Crippen LogP contribution in [0.15, 0.2) is 78.0 Å². The van der Waals surface area contributed by atoms with Gasteiger partial charge in [-0.2, -0.15) is 9.40 Å². The van der Waals surface area contributed by atoms with Crippen molar-refractivity contribution < 1.29 is 13.2 Å². The fraction of sp³-hybridized carbons (Fsp3) is 0.238. The first-order valence-corrected chi connectivity index (χ1v) is 10.6. The molecule has 0 aliphatic heterocycles. The molecule has 3 aromatic rings. The van der Waals surface area contributed by atoms with E-state index >= 15 is 0 Å². The molecule has 152 valence electrons. The molecule has 0 atom stereocenters. The lowest BCUT2D eigenvalue weighted by Crippen LogP contribution is -2.39. The van der Waals surface area contributed by atoms with Gasteiger partial charge in [-0.15, -0.1) is 0 Å². The lowest BCUT2D eigenvalue weighted by Gasteiger charge is -2.21. The summed E-state index contributed by atoms with van der Waals surface area (Å²) in [7, 11) is -0.640. The quantitative estimate of drug-likeness (QED) is 0.569. The van der Waals surface area contributed by atoms with Gasteiger partial charge in [0.05, 0.1) is 24.2 Å². The van der Waals surface area contributed by atoms with Gasteiger partial charge >= 0.3 is 0 Å². The Kier molecular flexibility index (Phi) is 6.46. The summed E-state index contributed by atoms with van der Waals surface area (Å²) < 4.78 is 28.0. The second-order valence-electron chi connectivity index (χ2n) is 6.86. The van der Waals surface area contributed by atoms with Gasteiger partial charge in [0.25, 0.3) is 0 Å². The number of nitrogens with zero attached hydrogens (tertiary/aromatic N) is 4. The molecule has 0 aliphatic carbocycles. The SMILES string of the molecule is CN(Cc1cnn(Cc2ccccc2)c1)C(=O)CN(C)S(=O)(=O)c1ccccc1. The van der Waals surface area contributed by atoms with Crippen LogP contribution in [-0.4, -0.2) is 54.0 Å². The minimum Gasteiger partial charge on any atom is -0.340 e. The fourth-order valence-corrected chi connectivity index (χ4v) is 4.02. The molecule has 0 saturated carbocycles. The number of rotatable bonds is 8. The van der Waals surface area contributed by atoms with E-state index in [1.165, 1.54) is 24.1 Å². The minimum absolute atomic E-state index is 0.167. The summed E-state index contributed by atoms with van der Waals surface area (Å²) in [5, 5.41) is 4.34. The zero-order valence-electron chi connectivity index (χ0n) is 16.5. The Bertz CT molecular complexity index is 1050. The van der Waals surface area contributed by atoms with Gasteiger partial charge in [0, 0.05) is 32.4 Å². The maximum Gasteiger partial charge on any atom is 0.243 e. The molecule has 0 saturated heterocycles. The number of amides is 1. The summed E-state index contributed by atoms with van der Waals surface area (Å²) in [6, 6.07) is 18.1. The van der Waals surface area contributed by atoms with E-state index in [2.05, 4.69) is 5.10 Å². The summed E-state index contributed by atoms with van der Waals surface area (Å²) in [5.41, 5.74) is 2.02. The largest absolute Gasteiger partial charge is 0.340 e. The second kappa shape index (κ2) is 9.02. The summed E-state index contributed by atoms with van der Waals surface area (Å²) in [6.07, 6.45) is 3.61. The third-order valence-electron chi connectivity index (χ3n) is 4.53. The molecule has 0 radical (unpaired) electrons. The first-order valence-electron chi connectivity index (χ1n) is 9.17. The molecule has 0 aliphatic rings. The molecule has 1 aromatic heterocycles. The number of carbonyl (C=O) groups is 1. The van der Waals surface area contributed by atoms with Gasteiger partial charge < -0.3 is 4.90 Å². The summed E-state index contributed by atoms with van der Waals surface area (Å²) in [5.74, 6) is -0.289. The van der Waals surface area contributed by atoms with Crippen molar-refractivity contribution in [3.05, 3.63) is 84.2 Å². The summed E-state index contributed by atoms with van der Waals surface area (Å²) in [4.78, 5) is 14.2. The molecule has 7 nitrogen and oxygen atoms in total. The molecular weight excluding hydrogens is 388 g/mol. The Morgan fingerprint density at radius 1 is 0.966 bits per heavy atom. The van der Waals surface area contributed by atoms with Crippen molar-refractivity contribution in [2.45, 2.75) is 18.0 Å². The zero-order chi connectivity index (χ0) is 20.9. The van der Waals surface area contributed by atoms with E-state index in [9.17, 15) is 13.2 Å². The maximum absolute atomic E-state index is 12.6. The van der Waals surface area contributed by atoms with Gasteiger partial charge in [0.15, 0.2) is 0 Å². The van der Waals surface area contributed by atoms with E-state index in [0.717, 1.165) is 15.4 Å². The van der Waals surface area contributed by atoms with Crippen LogP contribution in [0.4, 0.5) is 0 Å². The van der Waals surface area contributed by atoms with Crippen molar-refractivity contribution >= 4 is 15.9 Å². The lowest BCUT2D eigenvalue weighted by molar-refractivity contribution is -0.130. The normalized spacial score (nSPS) is 11.6. The van der Waals surface area contributed by atoms with Crippen LogP contribution in [-0.2, 0) is 27.9 Å².